The molecule has 6 nitrogen and oxygen atoms in total. The second kappa shape index (κ2) is 8.61. The van der Waals surface area contributed by atoms with Crippen LogP contribution in [0.2, 0.25) is 0 Å². The van der Waals surface area contributed by atoms with Crippen LogP contribution in [0.1, 0.15) is 21.7 Å². The molecule has 2 aromatic carbocycles. The van der Waals surface area contributed by atoms with Crippen LogP contribution in [-0.4, -0.2) is 30.0 Å². The lowest BCUT2D eigenvalue weighted by Gasteiger charge is -2.13. The molecule has 30 heavy (non-hydrogen) atoms. The fourth-order valence-corrected chi connectivity index (χ4v) is 4.48. The maximum atomic E-state index is 12.6. The number of fused-ring (bicyclic) bond motifs is 1. The molecule has 0 radical (unpaired) electrons. The lowest BCUT2D eigenvalue weighted by atomic mass is 10.1. The topological polar surface area (TPSA) is 79.3 Å². The van der Waals surface area contributed by atoms with E-state index in [1.165, 1.54) is 16.2 Å². The molecule has 0 bridgehead atoms. The van der Waals surface area contributed by atoms with Gasteiger partial charge in [-0.2, -0.15) is 0 Å². The minimum atomic E-state index is -0.101. The van der Waals surface area contributed by atoms with Crippen molar-refractivity contribution in [2.45, 2.75) is 13.1 Å². The fraction of sp³-hybridized carbons (Fsp3) is 0.174. The maximum absolute atomic E-state index is 12.6. The Morgan fingerprint density at radius 3 is 2.53 bits per heavy atom. The van der Waals surface area contributed by atoms with Gasteiger partial charge < -0.3 is 15.2 Å². The predicted octanol–water partition coefficient (Wildman–Crippen LogP) is 2.23. The number of nitrogens with zero attached hydrogens (tertiary/aromatic N) is 1. The summed E-state index contributed by atoms with van der Waals surface area (Å²) in [5.41, 5.74) is 2.74. The molecule has 0 fully saturated rings. The summed E-state index contributed by atoms with van der Waals surface area (Å²) in [7, 11) is 3.68. The van der Waals surface area contributed by atoms with Crippen LogP contribution in [0.4, 0.5) is 0 Å². The maximum Gasteiger partial charge on any atom is 0.259 e. The largest absolute Gasteiger partial charge is 0.355 e. The monoisotopic (exact) mass is 419 g/mol. The molecular formula is C23H23N4O2S+. The van der Waals surface area contributed by atoms with E-state index in [2.05, 4.69) is 17.3 Å². The Hall–Kier alpha value is -3.29. The number of carbonyl (C=O) groups is 1. The first kappa shape index (κ1) is 20.0. The van der Waals surface area contributed by atoms with Gasteiger partial charge in [0.25, 0.3) is 11.5 Å². The van der Waals surface area contributed by atoms with E-state index in [-0.39, 0.29) is 11.5 Å². The van der Waals surface area contributed by atoms with Gasteiger partial charge in [-0.3, -0.25) is 9.59 Å². The molecule has 4 aromatic rings. The number of hydrogen-bond acceptors (Lipinski definition) is 4. The van der Waals surface area contributed by atoms with E-state index in [4.69, 9.17) is 4.98 Å². The van der Waals surface area contributed by atoms with Crippen molar-refractivity contribution in [3.63, 3.8) is 0 Å². The van der Waals surface area contributed by atoms with Crippen molar-refractivity contribution in [2.75, 3.05) is 14.1 Å². The molecule has 3 N–H and O–H groups in total. The number of thiophene rings is 1. The number of benzene rings is 2. The van der Waals surface area contributed by atoms with Gasteiger partial charge in [0.1, 0.15) is 17.9 Å². The molecule has 0 saturated heterocycles. The van der Waals surface area contributed by atoms with Crippen molar-refractivity contribution in [1.82, 2.24) is 15.3 Å². The predicted molar refractivity (Wildman–Crippen MR) is 120 cm³/mol. The minimum absolute atomic E-state index is 0.0943. The summed E-state index contributed by atoms with van der Waals surface area (Å²) in [5.74, 6) is 0.580. The SMILES string of the molecule is CNC(=O)c1ccc(C[NH+](C)Cc2nc3sc(-c4ccccc4)cc3c(=O)[nH]2)cc1. The van der Waals surface area contributed by atoms with Crippen molar-refractivity contribution < 1.29 is 9.69 Å². The lowest BCUT2D eigenvalue weighted by Crippen LogP contribution is -3.06. The molecule has 0 aliphatic rings. The van der Waals surface area contributed by atoms with Crippen molar-refractivity contribution >= 4 is 27.5 Å². The summed E-state index contributed by atoms with van der Waals surface area (Å²) in [6, 6.07) is 19.5. The van der Waals surface area contributed by atoms with Gasteiger partial charge in [0.2, 0.25) is 0 Å². The van der Waals surface area contributed by atoms with E-state index in [0.29, 0.717) is 23.3 Å². The average molecular weight is 420 g/mol. The van der Waals surface area contributed by atoms with E-state index >= 15 is 0 Å². The first-order chi connectivity index (χ1) is 14.5. The Labute approximate surface area is 178 Å². The molecule has 0 saturated carbocycles. The molecule has 2 heterocycles. The lowest BCUT2D eigenvalue weighted by molar-refractivity contribution is -0.908. The van der Waals surface area contributed by atoms with Crippen molar-refractivity contribution in [3.05, 3.63) is 88.0 Å². The summed E-state index contributed by atoms with van der Waals surface area (Å²) < 4.78 is 0. The number of rotatable bonds is 6. The van der Waals surface area contributed by atoms with Crippen LogP contribution in [0.15, 0.2) is 65.5 Å². The standard InChI is InChI=1S/C23H22N4O2S/c1-24-21(28)17-10-8-15(9-11-17)13-27(2)14-20-25-22(29)18-12-19(30-23(18)26-20)16-6-4-3-5-7-16/h3-12H,13-14H2,1-2H3,(H,24,28)(H,25,26,29)/p+1. The summed E-state index contributed by atoms with van der Waals surface area (Å²) in [6.45, 7) is 1.36. The third kappa shape index (κ3) is 4.32. The molecule has 0 spiro atoms. The molecule has 0 aliphatic heterocycles. The number of aromatic nitrogens is 2. The minimum Gasteiger partial charge on any atom is -0.355 e. The number of carbonyl (C=O) groups excluding carboxylic acids is 1. The van der Waals surface area contributed by atoms with Gasteiger partial charge in [-0.1, -0.05) is 42.5 Å². The second-order valence-corrected chi connectivity index (χ2v) is 8.33. The van der Waals surface area contributed by atoms with Gasteiger partial charge in [0.15, 0.2) is 5.82 Å². The van der Waals surface area contributed by atoms with Gasteiger partial charge in [0.05, 0.1) is 12.4 Å². The van der Waals surface area contributed by atoms with Crippen LogP contribution in [0.3, 0.4) is 0 Å². The number of H-pyrrole nitrogens is 1. The normalized spacial score (nSPS) is 12.1. The third-order valence-corrected chi connectivity index (χ3v) is 6.01. The van der Waals surface area contributed by atoms with Gasteiger partial charge in [-0.15, -0.1) is 11.3 Å². The Kier molecular flexibility index (Phi) is 5.74. The summed E-state index contributed by atoms with van der Waals surface area (Å²) in [5, 5.41) is 3.25. The van der Waals surface area contributed by atoms with Crippen LogP contribution in [0.5, 0.6) is 0 Å². The first-order valence-corrected chi connectivity index (χ1v) is 10.6. The molecule has 1 amide bonds. The second-order valence-electron chi connectivity index (χ2n) is 7.29. The Morgan fingerprint density at radius 1 is 1.10 bits per heavy atom. The van der Waals surface area contributed by atoms with Crippen LogP contribution in [-0.2, 0) is 13.1 Å². The van der Waals surface area contributed by atoms with Gasteiger partial charge in [-0.25, -0.2) is 4.98 Å². The smallest absolute Gasteiger partial charge is 0.259 e. The van der Waals surface area contributed by atoms with E-state index in [0.717, 1.165) is 27.4 Å². The molecule has 7 heteroatoms. The van der Waals surface area contributed by atoms with E-state index in [1.807, 2.05) is 60.7 Å². The highest BCUT2D eigenvalue weighted by Gasteiger charge is 2.13. The molecule has 2 aromatic heterocycles. The van der Waals surface area contributed by atoms with Gasteiger partial charge >= 0.3 is 0 Å². The van der Waals surface area contributed by atoms with Crippen LogP contribution in [0.25, 0.3) is 20.7 Å². The zero-order valence-corrected chi connectivity index (χ0v) is 17.7. The number of hydrogen-bond donors (Lipinski definition) is 3. The molecule has 4 rings (SSSR count). The Bertz CT molecular complexity index is 1230. The highest BCUT2D eigenvalue weighted by Crippen LogP contribution is 2.30. The van der Waals surface area contributed by atoms with Gasteiger partial charge in [-0.05, 0) is 23.8 Å². The molecule has 152 valence electrons. The zero-order chi connectivity index (χ0) is 21.1. The number of amides is 1. The fourth-order valence-electron chi connectivity index (χ4n) is 3.42. The summed E-state index contributed by atoms with van der Waals surface area (Å²) >= 11 is 1.54. The molecule has 0 aliphatic carbocycles. The van der Waals surface area contributed by atoms with Gasteiger partial charge in [0, 0.05) is 23.1 Å². The molecular weight excluding hydrogens is 396 g/mol. The summed E-state index contributed by atoms with van der Waals surface area (Å²) in [4.78, 5) is 34.9. The van der Waals surface area contributed by atoms with Crippen LogP contribution >= 0.6 is 11.3 Å². The quantitative estimate of drug-likeness (QED) is 0.448. The van der Waals surface area contributed by atoms with E-state index in [9.17, 15) is 9.59 Å². The van der Waals surface area contributed by atoms with Crippen LogP contribution < -0.4 is 15.8 Å². The van der Waals surface area contributed by atoms with Crippen molar-refractivity contribution in [2.24, 2.45) is 0 Å². The Morgan fingerprint density at radius 2 is 1.83 bits per heavy atom. The van der Waals surface area contributed by atoms with Crippen molar-refractivity contribution in [3.8, 4) is 10.4 Å². The number of quaternary nitrogens is 1. The third-order valence-electron chi connectivity index (χ3n) is 4.93. The highest BCUT2D eigenvalue weighted by molar-refractivity contribution is 7.21. The van der Waals surface area contributed by atoms with E-state index in [1.54, 1.807) is 7.05 Å². The summed E-state index contributed by atoms with van der Waals surface area (Å²) in [6.07, 6.45) is 0. The van der Waals surface area contributed by atoms with Crippen molar-refractivity contribution in [1.29, 1.82) is 0 Å². The zero-order valence-electron chi connectivity index (χ0n) is 16.9. The molecule has 1 atom stereocenters. The van der Waals surface area contributed by atoms with Crippen LogP contribution in [0, 0.1) is 0 Å². The highest BCUT2D eigenvalue weighted by atomic mass is 32.1. The van der Waals surface area contributed by atoms with E-state index < -0.39 is 0 Å². The average Bonchev–Trinajstić information content (AvgIpc) is 3.19. The Balaban J connectivity index is 1.50. The first-order valence-electron chi connectivity index (χ1n) is 9.74. The number of aromatic amines is 1. The molecule has 1 unspecified atom stereocenters. The number of nitrogens with one attached hydrogen (secondary N) is 3.